The molecule has 1 aliphatic rings. The Morgan fingerprint density at radius 1 is 1.27 bits per heavy atom. The number of nitrogens with zero attached hydrogens (tertiary/aromatic N) is 2. The number of para-hydroxylation sites is 1. The summed E-state index contributed by atoms with van der Waals surface area (Å²) >= 11 is 0. The molecular weight excluding hydrogens is 347 g/mol. The number of benzene rings is 1. The zero-order chi connectivity index (χ0) is 18.7. The molecule has 3 rings (SSSR count). The van der Waals surface area contributed by atoms with Gasteiger partial charge in [-0.2, -0.15) is 18.3 Å². The molecule has 0 unspecified atom stereocenters. The minimum absolute atomic E-state index is 0.183. The van der Waals surface area contributed by atoms with Crippen molar-refractivity contribution in [1.82, 2.24) is 15.1 Å². The van der Waals surface area contributed by atoms with Gasteiger partial charge < -0.3 is 10.1 Å². The lowest BCUT2D eigenvalue weighted by Gasteiger charge is -2.15. The Bertz CT molecular complexity index is 799. The molecule has 0 saturated carbocycles. The number of nitrogens with one attached hydrogen (secondary N) is 1. The highest BCUT2D eigenvalue weighted by Gasteiger charge is 2.39. The molecule has 8 heteroatoms. The lowest BCUT2D eigenvalue weighted by molar-refractivity contribution is -0.142. The number of methoxy groups -OCH3 is 1. The number of carbonyl (C=O) groups excluding carboxylic acids is 1. The summed E-state index contributed by atoms with van der Waals surface area (Å²) in [5.41, 5.74) is 0.534. The minimum atomic E-state index is -4.45. The maximum Gasteiger partial charge on any atom is 0.435 e. The van der Waals surface area contributed by atoms with Crippen molar-refractivity contribution in [3.63, 3.8) is 0 Å². The topological polar surface area (TPSA) is 56.1 Å². The number of carbonyl (C=O) groups is 1. The Hall–Kier alpha value is -2.51. The van der Waals surface area contributed by atoms with E-state index >= 15 is 0 Å². The first-order valence-corrected chi connectivity index (χ1v) is 8.48. The van der Waals surface area contributed by atoms with Crippen molar-refractivity contribution >= 4 is 5.91 Å². The van der Waals surface area contributed by atoms with Gasteiger partial charge in [0.05, 0.1) is 19.2 Å². The molecule has 1 heterocycles. The third-order valence-corrected chi connectivity index (χ3v) is 4.49. The van der Waals surface area contributed by atoms with Crippen molar-refractivity contribution in [2.45, 2.75) is 38.4 Å². The number of rotatable bonds is 5. The first-order chi connectivity index (χ1) is 12.4. The smallest absolute Gasteiger partial charge is 0.435 e. The van der Waals surface area contributed by atoms with Crippen LogP contribution in [0.5, 0.6) is 5.75 Å². The van der Waals surface area contributed by atoms with Crippen LogP contribution in [0.25, 0.3) is 0 Å². The molecule has 2 aromatic rings. The Morgan fingerprint density at radius 2 is 2.00 bits per heavy atom. The van der Waals surface area contributed by atoms with Crippen LogP contribution in [-0.2, 0) is 25.6 Å². The summed E-state index contributed by atoms with van der Waals surface area (Å²) in [5.74, 6) is 0.111. The molecule has 0 bridgehead atoms. The van der Waals surface area contributed by atoms with Gasteiger partial charge in [0, 0.05) is 17.8 Å². The van der Waals surface area contributed by atoms with Crippen LogP contribution in [-0.4, -0.2) is 29.3 Å². The van der Waals surface area contributed by atoms with Gasteiger partial charge in [0.25, 0.3) is 5.91 Å². The number of alkyl halides is 3. The third kappa shape index (κ3) is 3.68. The predicted octanol–water partition coefficient (Wildman–Crippen LogP) is 3.22. The monoisotopic (exact) mass is 367 g/mol. The van der Waals surface area contributed by atoms with Crippen molar-refractivity contribution in [2.24, 2.45) is 0 Å². The number of aromatic nitrogens is 2. The fourth-order valence-corrected chi connectivity index (χ4v) is 3.29. The van der Waals surface area contributed by atoms with Crippen molar-refractivity contribution in [2.75, 3.05) is 13.7 Å². The molecular formula is C18H20F3N3O2. The number of amides is 1. The largest absolute Gasteiger partial charge is 0.496 e. The highest BCUT2D eigenvalue weighted by Crippen LogP contribution is 2.35. The number of fused-ring (bicyclic) bond motifs is 1. The van der Waals surface area contributed by atoms with Gasteiger partial charge in [-0.15, -0.1) is 0 Å². The quantitative estimate of drug-likeness (QED) is 0.883. The highest BCUT2D eigenvalue weighted by molar-refractivity contribution is 5.96. The molecule has 0 saturated heterocycles. The first kappa shape index (κ1) is 18.3. The van der Waals surface area contributed by atoms with E-state index in [2.05, 4.69) is 10.4 Å². The highest BCUT2D eigenvalue weighted by atomic mass is 19.4. The average Bonchev–Trinajstić information content (AvgIpc) is 3.01. The Kier molecular flexibility index (Phi) is 5.20. The fourth-order valence-electron chi connectivity index (χ4n) is 3.29. The molecule has 26 heavy (non-hydrogen) atoms. The lowest BCUT2D eigenvalue weighted by atomic mass is 9.95. The molecule has 5 nitrogen and oxygen atoms in total. The van der Waals surface area contributed by atoms with Gasteiger partial charge in [-0.05, 0) is 37.8 Å². The number of hydrogen-bond acceptors (Lipinski definition) is 3. The molecule has 1 N–H and O–H groups in total. The lowest BCUT2D eigenvalue weighted by Crippen LogP contribution is -2.28. The van der Waals surface area contributed by atoms with Gasteiger partial charge in [0.2, 0.25) is 0 Å². The van der Waals surface area contributed by atoms with Gasteiger partial charge in [-0.3, -0.25) is 9.48 Å². The van der Waals surface area contributed by atoms with Crippen LogP contribution in [0.3, 0.4) is 0 Å². The van der Waals surface area contributed by atoms with Crippen LogP contribution >= 0.6 is 0 Å². The Labute approximate surface area is 149 Å². The van der Waals surface area contributed by atoms with Crippen molar-refractivity contribution < 1.29 is 22.7 Å². The van der Waals surface area contributed by atoms with E-state index in [1.165, 1.54) is 11.8 Å². The van der Waals surface area contributed by atoms with Gasteiger partial charge in [-0.1, -0.05) is 12.1 Å². The van der Waals surface area contributed by atoms with E-state index in [0.717, 1.165) is 12.8 Å². The molecule has 0 fully saturated rings. The molecule has 0 spiro atoms. The summed E-state index contributed by atoms with van der Waals surface area (Å²) in [6.07, 6.45) is -1.88. The second-order valence-corrected chi connectivity index (χ2v) is 6.16. The molecule has 0 aliphatic heterocycles. The second kappa shape index (κ2) is 7.39. The minimum Gasteiger partial charge on any atom is -0.496 e. The van der Waals surface area contributed by atoms with E-state index in [9.17, 15) is 18.0 Å². The SMILES string of the molecule is COc1ccccc1C(=O)NCCn1nc(C(F)(F)F)c2c1CCCC2. The summed E-state index contributed by atoms with van der Waals surface area (Å²) < 4.78 is 46.1. The number of ether oxygens (including phenoxy) is 1. The first-order valence-electron chi connectivity index (χ1n) is 8.48. The van der Waals surface area contributed by atoms with Crippen LogP contribution in [0.1, 0.15) is 40.2 Å². The molecule has 0 radical (unpaired) electrons. The summed E-state index contributed by atoms with van der Waals surface area (Å²) in [5, 5.41) is 6.50. The standard InChI is InChI=1S/C18H20F3N3O2/c1-26-15-9-5-3-7-13(15)17(25)22-10-11-24-14-8-4-2-6-12(14)16(23-24)18(19,20)21/h3,5,7,9H,2,4,6,8,10-11H2,1H3,(H,22,25). The molecule has 1 aromatic carbocycles. The number of hydrogen-bond donors (Lipinski definition) is 1. The third-order valence-electron chi connectivity index (χ3n) is 4.49. The Balaban J connectivity index is 1.70. The normalized spacial score (nSPS) is 14.0. The van der Waals surface area contributed by atoms with Gasteiger partial charge >= 0.3 is 6.18 Å². The van der Waals surface area contributed by atoms with E-state index in [4.69, 9.17) is 4.74 Å². The second-order valence-electron chi connectivity index (χ2n) is 6.16. The van der Waals surface area contributed by atoms with Crippen molar-refractivity contribution in [1.29, 1.82) is 0 Å². The average molecular weight is 367 g/mol. The van der Waals surface area contributed by atoms with Crippen molar-refractivity contribution in [3.8, 4) is 5.75 Å². The molecule has 1 aliphatic carbocycles. The van der Waals surface area contributed by atoms with Crippen LogP contribution in [0.15, 0.2) is 24.3 Å². The summed E-state index contributed by atoms with van der Waals surface area (Å²) in [6.45, 7) is 0.377. The summed E-state index contributed by atoms with van der Waals surface area (Å²) in [4.78, 5) is 12.3. The zero-order valence-corrected chi connectivity index (χ0v) is 14.4. The molecule has 1 amide bonds. The maximum absolute atomic E-state index is 13.2. The van der Waals surface area contributed by atoms with E-state index < -0.39 is 11.9 Å². The molecule has 0 atom stereocenters. The predicted molar refractivity (Wildman–Crippen MR) is 89.2 cm³/mol. The van der Waals surface area contributed by atoms with Gasteiger partial charge in [0.15, 0.2) is 5.69 Å². The van der Waals surface area contributed by atoms with E-state index in [-0.39, 0.29) is 19.0 Å². The van der Waals surface area contributed by atoms with Crippen LogP contribution in [0.4, 0.5) is 13.2 Å². The zero-order valence-electron chi connectivity index (χ0n) is 14.4. The van der Waals surface area contributed by atoms with Gasteiger partial charge in [-0.25, -0.2) is 0 Å². The van der Waals surface area contributed by atoms with Crippen molar-refractivity contribution in [3.05, 3.63) is 46.8 Å². The summed E-state index contributed by atoms with van der Waals surface area (Å²) in [7, 11) is 1.47. The Morgan fingerprint density at radius 3 is 2.73 bits per heavy atom. The van der Waals surface area contributed by atoms with E-state index in [1.54, 1.807) is 24.3 Å². The summed E-state index contributed by atoms with van der Waals surface area (Å²) in [6, 6.07) is 6.78. The molecule has 140 valence electrons. The number of halogens is 3. The van der Waals surface area contributed by atoms with Crippen LogP contribution < -0.4 is 10.1 Å². The maximum atomic E-state index is 13.2. The van der Waals surface area contributed by atoms with Crippen LogP contribution in [0, 0.1) is 0 Å². The fraction of sp³-hybridized carbons (Fsp3) is 0.444. The van der Waals surface area contributed by atoms with E-state index in [0.29, 0.717) is 35.4 Å². The van der Waals surface area contributed by atoms with Gasteiger partial charge in [0.1, 0.15) is 5.75 Å². The van der Waals surface area contributed by atoms with Crippen LogP contribution in [0.2, 0.25) is 0 Å². The molecule has 1 aromatic heterocycles. The van der Waals surface area contributed by atoms with E-state index in [1.807, 2.05) is 0 Å².